The average Bonchev–Trinajstić information content (AvgIpc) is 2.54. The number of carbonyl (C=O) groups is 2. The Morgan fingerprint density at radius 3 is 2.44 bits per heavy atom. The third-order valence-electron chi connectivity index (χ3n) is 2.21. The summed E-state index contributed by atoms with van der Waals surface area (Å²) in [6.45, 7) is 7.32. The minimum atomic E-state index is -0.924. The highest BCUT2D eigenvalue weighted by molar-refractivity contribution is 7.14. The van der Waals surface area contributed by atoms with Crippen LogP contribution in [0.3, 0.4) is 0 Å². The van der Waals surface area contributed by atoms with E-state index < -0.39 is 11.6 Å². The molecule has 0 fully saturated rings. The van der Waals surface area contributed by atoms with Crippen molar-refractivity contribution < 1.29 is 19.4 Å². The fourth-order valence-corrected chi connectivity index (χ4v) is 2.49. The molecule has 0 aliphatic heterocycles. The quantitative estimate of drug-likeness (QED) is 0.854. The molecular weight excluding hydrogens is 252 g/mol. The molecule has 0 saturated carbocycles. The molecule has 0 spiro atoms. The summed E-state index contributed by atoms with van der Waals surface area (Å²) in [6, 6.07) is 1.64. The third-order valence-corrected chi connectivity index (χ3v) is 3.49. The Hall–Kier alpha value is -1.36. The van der Waals surface area contributed by atoms with E-state index in [1.54, 1.807) is 6.07 Å². The van der Waals surface area contributed by atoms with Gasteiger partial charge in [-0.1, -0.05) is 0 Å². The van der Waals surface area contributed by atoms with Gasteiger partial charge < -0.3 is 9.84 Å². The predicted molar refractivity (Wildman–Crippen MR) is 70.2 cm³/mol. The Labute approximate surface area is 111 Å². The van der Waals surface area contributed by atoms with Crippen LogP contribution < -0.4 is 0 Å². The molecular formula is C13H18O4S. The Morgan fingerprint density at radius 1 is 1.39 bits per heavy atom. The second-order valence-electron chi connectivity index (χ2n) is 5.11. The van der Waals surface area contributed by atoms with Gasteiger partial charge in [-0.25, -0.2) is 4.79 Å². The molecule has 0 unspecified atom stereocenters. The van der Waals surface area contributed by atoms with Crippen molar-refractivity contribution >= 4 is 23.3 Å². The van der Waals surface area contributed by atoms with Crippen molar-refractivity contribution in [3.8, 4) is 0 Å². The standard InChI is InChI=1S/C13H18O4S/c1-8-7-10(12(15)16)18-9(8)5-6-11(14)17-13(2,3)4/h7H,5-6H2,1-4H3,(H,15,16). The van der Waals surface area contributed by atoms with Crippen LogP contribution in [0.2, 0.25) is 0 Å². The fraction of sp³-hybridized carbons (Fsp3) is 0.538. The van der Waals surface area contributed by atoms with Gasteiger partial charge in [-0.15, -0.1) is 11.3 Å². The zero-order chi connectivity index (χ0) is 13.9. The fourth-order valence-electron chi connectivity index (χ4n) is 1.48. The zero-order valence-corrected chi connectivity index (χ0v) is 11.9. The largest absolute Gasteiger partial charge is 0.477 e. The molecule has 5 heteroatoms. The van der Waals surface area contributed by atoms with Crippen molar-refractivity contribution in [2.24, 2.45) is 0 Å². The van der Waals surface area contributed by atoms with Gasteiger partial charge in [0.2, 0.25) is 0 Å². The number of rotatable bonds is 4. The minimum Gasteiger partial charge on any atom is -0.477 e. The van der Waals surface area contributed by atoms with Gasteiger partial charge in [0.1, 0.15) is 10.5 Å². The van der Waals surface area contributed by atoms with E-state index in [0.717, 1.165) is 10.4 Å². The van der Waals surface area contributed by atoms with Crippen LogP contribution in [0.4, 0.5) is 0 Å². The average molecular weight is 270 g/mol. The van der Waals surface area contributed by atoms with E-state index in [1.165, 1.54) is 11.3 Å². The van der Waals surface area contributed by atoms with Gasteiger partial charge in [0.05, 0.1) is 6.42 Å². The molecule has 1 aromatic heterocycles. The van der Waals surface area contributed by atoms with E-state index >= 15 is 0 Å². The van der Waals surface area contributed by atoms with E-state index in [-0.39, 0.29) is 12.4 Å². The van der Waals surface area contributed by atoms with Gasteiger partial charge in [-0.2, -0.15) is 0 Å². The lowest BCUT2D eigenvalue weighted by atomic mass is 10.1. The van der Waals surface area contributed by atoms with Crippen LogP contribution in [0.5, 0.6) is 0 Å². The van der Waals surface area contributed by atoms with Crippen LogP contribution in [0.15, 0.2) is 6.07 Å². The number of aromatic carboxylic acids is 1. The summed E-state index contributed by atoms with van der Waals surface area (Å²) < 4.78 is 5.20. The molecule has 0 bridgehead atoms. The summed E-state index contributed by atoms with van der Waals surface area (Å²) in [4.78, 5) is 23.6. The van der Waals surface area contributed by atoms with Crippen LogP contribution in [-0.4, -0.2) is 22.6 Å². The lowest BCUT2D eigenvalue weighted by Gasteiger charge is -2.19. The van der Waals surface area contributed by atoms with Crippen molar-refractivity contribution in [1.82, 2.24) is 0 Å². The van der Waals surface area contributed by atoms with Gasteiger partial charge in [0, 0.05) is 4.88 Å². The molecule has 1 aromatic rings. The number of hydrogen-bond donors (Lipinski definition) is 1. The second kappa shape index (κ2) is 5.52. The first-order valence-electron chi connectivity index (χ1n) is 5.73. The number of esters is 1. The van der Waals surface area contributed by atoms with Crippen molar-refractivity contribution in [3.05, 3.63) is 21.4 Å². The first-order valence-corrected chi connectivity index (χ1v) is 6.55. The highest BCUT2D eigenvalue weighted by Crippen LogP contribution is 2.23. The van der Waals surface area contributed by atoms with Crippen LogP contribution >= 0.6 is 11.3 Å². The highest BCUT2D eigenvalue weighted by atomic mass is 32.1. The van der Waals surface area contributed by atoms with Gasteiger partial charge in [-0.05, 0) is 45.7 Å². The maximum absolute atomic E-state index is 11.6. The Balaban J connectivity index is 2.59. The van der Waals surface area contributed by atoms with Crippen LogP contribution in [0.25, 0.3) is 0 Å². The molecule has 0 saturated heterocycles. The van der Waals surface area contributed by atoms with E-state index in [4.69, 9.17) is 9.84 Å². The molecule has 1 N–H and O–H groups in total. The van der Waals surface area contributed by atoms with Gasteiger partial charge in [0.15, 0.2) is 0 Å². The Morgan fingerprint density at radius 2 is 2.00 bits per heavy atom. The summed E-state index contributed by atoms with van der Waals surface area (Å²) in [5.74, 6) is -1.18. The molecule has 100 valence electrons. The summed E-state index contributed by atoms with van der Waals surface area (Å²) in [5.41, 5.74) is 0.439. The van der Waals surface area contributed by atoms with Crippen molar-refractivity contribution in [2.75, 3.05) is 0 Å². The summed E-state index contributed by atoms with van der Waals surface area (Å²) >= 11 is 1.22. The smallest absolute Gasteiger partial charge is 0.345 e. The van der Waals surface area contributed by atoms with Gasteiger partial charge in [0.25, 0.3) is 0 Å². The van der Waals surface area contributed by atoms with Crippen LogP contribution in [0, 0.1) is 6.92 Å². The maximum atomic E-state index is 11.6. The van der Waals surface area contributed by atoms with Gasteiger partial charge in [-0.3, -0.25) is 4.79 Å². The first kappa shape index (κ1) is 14.7. The number of thiophene rings is 1. The SMILES string of the molecule is Cc1cc(C(=O)O)sc1CCC(=O)OC(C)(C)C. The van der Waals surface area contributed by atoms with E-state index in [9.17, 15) is 9.59 Å². The van der Waals surface area contributed by atoms with Crippen LogP contribution in [-0.2, 0) is 16.0 Å². The summed E-state index contributed by atoms with van der Waals surface area (Å²) in [7, 11) is 0. The molecule has 0 radical (unpaired) electrons. The minimum absolute atomic E-state index is 0.257. The monoisotopic (exact) mass is 270 g/mol. The van der Waals surface area contributed by atoms with Crippen molar-refractivity contribution in [1.29, 1.82) is 0 Å². The molecule has 0 aliphatic rings. The van der Waals surface area contributed by atoms with Crippen molar-refractivity contribution in [3.63, 3.8) is 0 Å². The van der Waals surface area contributed by atoms with Crippen LogP contribution in [0.1, 0.15) is 47.3 Å². The number of ether oxygens (including phenoxy) is 1. The first-order chi connectivity index (χ1) is 8.19. The van der Waals surface area contributed by atoms with E-state index in [1.807, 2.05) is 27.7 Å². The topological polar surface area (TPSA) is 63.6 Å². The molecule has 0 atom stereocenters. The molecule has 4 nitrogen and oxygen atoms in total. The lowest BCUT2D eigenvalue weighted by Crippen LogP contribution is -2.23. The van der Waals surface area contributed by atoms with E-state index in [0.29, 0.717) is 11.3 Å². The molecule has 1 rings (SSSR count). The highest BCUT2D eigenvalue weighted by Gasteiger charge is 2.17. The Kier molecular flexibility index (Phi) is 4.51. The molecule has 18 heavy (non-hydrogen) atoms. The van der Waals surface area contributed by atoms with Crippen molar-refractivity contribution in [2.45, 2.75) is 46.1 Å². The molecule has 0 amide bonds. The summed E-state index contributed by atoms with van der Waals surface area (Å²) in [6.07, 6.45) is 0.802. The maximum Gasteiger partial charge on any atom is 0.345 e. The molecule has 1 heterocycles. The molecule has 0 aromatic carbocycles. The molecule has 0 aliphatic carbocycles. The normalized spacial score (nSPS) is 11.3. The second-order valence-corrected chi connectivity index (χ2v) is 6.25. The third kappa shape index (κ3) is 4.49. The van der Waals surface area contributed by atoms with E-state index in [2.05, 4.69) is 0 Å². The number of carboxylic acids is 1. The number of aryl methyl sites for hydroxylation is 2. The Bertz CT molecular complexity index is 454. The lowest BCUT2D eigenvalue weighted by molar-refractivity contribution is -0.154. The summed E-state index contributed by atoms with van der Waals surface area (Å²) in [5, 5.41) is 8.87. The zero-order valence-electron chi connectivity index (χ0n) is 11.1. The van der Waals surface area contributed by atoms with Gasteiger partial charge >= 0.3 is 11.9 Å². The number of hydrogen-bond acceptors (Lipinski definition) is 4. The number of carbonyl (C=O) groups excluding carboxylic acids is 1. The predicted octanol–water partition coefficient (Wildman–Crippen LogP) is 3.03. The number of carboxylic acid groups (broad SMARTS) is 1.